The Labute approximate surface area is 158 Å². The van der Waals surface area contributed by atoms with Gasteiger partial charge < -0.3 is 14.2 Å². The number of carbonyl (C=O) groups excluding carboxylic acids is 2. The van der Waals surface area contributed by atoms with Gasteiger partial charge in [-0.25, -0.2) is 0 Å². The molecule has 0 saturated carbocycles. The van der Waals surface area contributed by atoms with Crippen LogP contribution in [0.3, 0.4) is 0 Å². The third kappa shape index (κ3) is 11.3. The summed E-state index contributed by atoms with van der Waals surface area (Å²) in [5.74, 6) is -0.343. The lowest BCUT2D eigenvalue weighted by atomic mass is 10.1. The quantitative estimate of drug-likeness (QED) is 0.181. The molecule has 0 spiro atoms. The summed E-state index contributed by atoms with van der Waals surface area (Å²) in [4.78, 5) is 22.2. The van der Waals surface area contributed by atoms with Gasteiger partial charge in [0, 0.05) is 13.3 Å². The number of ether oxygens (including phenoxy) is 3. The van der Waals surface area contributed by atoms with Gasteiger partial charge in [0.25, 0.3) is 0 Å². The zero-order valence-electron chi connectivity index (χ0n) is 16.7. The van der Waals surface area contributed by atoms with Gasteiger partial charge in [-0.2, -0.15) is 0 Å². The highest BCUT2D eigenvalue weighted by molar-refractivity contribution is 5.69. The first kappa shape index (κ1) is 22.7. The van der Waals surface area contributed by atoms with Gasteiger partial charge in [0.05, 0.1) is 13.2 Å². The van der Waals surface area contributed by atoms with Crippen LogP contribution in [-0.4, -0.2) is 37.4 Å². The summed E-state index contributed by atoms with van der Waals surface area (Å²) in [5.41, 5.74) is 0. The van der Waals surface area contributed by atoms with Crippen LogP contribution < -0.4 is 0 Å². The number of hydrogen-bond acceptors (Lipinski definition) is 5. The fraction of sp³-hybridized carbons (Fsp3) is 0.810. The molecular formula is C21H36O5. The Morgan fingerprint density at radius 1 is 1.08 bits per heavy atom. The van der Waals surface area contributed by atoms with Crippen molar-refractivity contribution in [2.24, 2.45) is 0 Å². The molecule has 5 nitrogen and oxygen atoms in total. The molecule has 26 heavy (non-hydrogen) atoms. The Kier molecular flexibility index (Phi) is 12.0. The molecule has 0 bridgehead atoms. The van der Waals surface area contributed by atoms with Gasteiger partial charge in [0.15, 0.2) is 0 Å². The number of unbranched alkanes of at least 4 members (excludes halogenated alkanes) is 6. The molecule has 0 aromatic heterocycles. The highest BCUT2D eigenvalue weighted by atomic mass is 16.6. The zero-order valence-corrected chi connectivity index (χ0v) is 16.7. The van der Waals surface area contributed by atoms with Crippen molar-refractivity contribution in [3.63, 3.8) is 0 Å². The van der Waals surface area contributed by atoms with Crippen molar-refractivity contribution in [2.45, 2.75) is 103 Å². The molecule has 0 aliphatic carbocycles. The summed E-state index contributed by atoms with van der Waals surface area (Å²) in [7, 11) is 1.43. The standard InChI is InChI=1S/C21H36O5/c1-4-5-9-12-18(25-17(2)22)15-16-20-19(26-20)13-10-7-6-8-11-14-21(23)24-3/h15-16,18-20H,4-14H2,1-3H3/b16-15+/t18-,19?,20?/m0/s1. The molecule has 1 aliphatic rings. The van der Waals surface area contributed by atoms with Gasteiger partial charge in [0.1, 0.15) is 12.2 Å². The van der Waals surface area contributed by atoms with Crippen LogP contribution >= 0.6 is 0 Å². The van der Waals surface area contributed by atoms with Crippen molar-refractivity contribution >= 4 is 11.9 Å². The zero-order chi connectivity index (χ0) is 19.2. The normalized spacial score (nSPS) is 20.1. The average Bonchev–Trinajstić information content (AvgIpc) is 3.36. The van der Waals surface area contributed by atoms with Gasteiger partial charge in [-0.05, 0) is 31.8 Å². The maximum atomic E-state index is 11.2. The van der Waals surface area contributed by atoms with Crippen molar-refractivity contribution in [3.8, 4) is 0 Å². The first-order chi connectivity index (χ1) is 12.6. The summed E-state index contributed by atoms with van der Waals surface area (Å²) in [6, 6.07) is 0. The Morgan fingerprint density at radius 2 is 1.81 bits per heavy atom. The van der Waals surface area contributed by atoms with Crippen molar-refractivity contribution < 1.29 is 23.8 Å². The summed E-state index contributed by atoms with van der Waals surface area (Å²) in [5, 5.41) is 0. The topological polar surface area (TPSA) is 65.1 Å². The summed E-state index contributed by atoms with van der Waals surface area (Å²) in [6.45, 7) is 3.63. The van der Waals surface area contributed by atoms with Crippen LogP contribution in [-0.2, 0) is 23.8 Å². The van der Waals surface area contributed by atoms with Gasteiger partial charge >= 0.3 is 11.9 Å². The first-order valence-electron chi connectivity index (χ1n) is 10.1. The lowest BCUT2D eigenvalue weighted by molar-refractivity contribution is -0.144. The maximum absolute atomic E-state index is 11.2. The Bertz CT molecular complexity index is 432. The van der Waals surface area contributed by atoms with E-state index >= 15 is 0 Å². The molecule has 1 saturated heterocycles. The van der Waals surface area contributed by atoms with Crippen LogP contribution in [0.15, 0.2) is 12.2 Å². The molecule has 0 aromatic rings. The lowest BCUT2D eigenvalue weighted by Crippen LogP contribution is -2.14. The number of epoxide rings is 1. The van der Waals surface area contributed by atoms with Crippen LogP contribution in [0.1, 0.15) is 84.5 Å². The van der Waals surface area contributed by atoms with Crippen molar-refractivity contribution in [1.29, 1.82) is 0 Å². The van der Waals surface area contributed by atoms with Gasteiger partial charge in [-0.1, -0.05) is 51.5 Å². The van der Waals surface area contributed by atoms with E-state index in [2.05, 4.69) is 17.7 Å². The minimum Gasteiger partial charge on any atom is -0.469 e. The number of carbonyl (C=O) groups is 2. The van der Waals surface area contributed by atoms with Gasteiger partial charge in [0.2, 0.25) is 0 Å². The predicted molar refractivity (Wildman–Crippen MR) is 102 cm³/mol. The first-order valence-corrected chi connectivity index (χ1v) is 10.1. The molecule has 0 radical (unpaired) electrons. The van der Waals surface area contributed by atoms with E-state index in [4.69, 9.17) is 9.47 Å². The molecule has 1 heterocycles. The largest absolute Gasteiger partial charge is 0.469 e. The van der Waals surface area contributed by atoms with Crippen molar-refractivity contribution in [3.05, 3.63) is 12.2 Å². The number of esters is 2. The van der Waals surface area contributed by atoms with E-state index in [0.717, 1.165) is 57.8 Å². The minimum atomic E-state index is -0.225. The molecule has 150 valence electrons. The van der Waals surface area contributed by atoms with Crippen LogP contribution in [0, 0.1) is 0 Å². The molecule has 2 unspecified atom stereocenters. The number of methoxy groups -OCH3 is 1. The van der Waals surface area contributed by atoms with Crippen molar-refractivity contribution in [2.75, 3.05) is 7.11 Å². The minimum absolute atomic E-state index is 0.118. The fourth-order valence-corrected chi connectivity index (χ4v) is 3.04. The summed E-state index contributed by atoms with van der Waals surface area (Å²) in [6.07, 6.45) is 15.7. The Hall–Kier alpha value is -1.36. The molecular weight excluding hydrogens is 332 g/mol. The van der Waals surface area contributed by atoms with Crippen LogP contribution in [0.4, 0.5) is 0 Å². The molecule has 1 aliphatic heterocycles. The van der Waals surface area contributed by atoms with Gasteiger partial charge in [-0.3, -0.25) is 9.59 Å². The van der Waals surface area contributed by atoms with Crippen LogP contribution in [0.2, 0.25) is 0 Å². The van der Waals surface area contributed by atoms with E-state index in [0.29, 0.717) is 12.5 Å². The van der Waals surface area contributed by atoms with Crippen molar-refractivity contribution in [1.82, 2.24) is 0 Å². The summed E-state index contributed by atoms with van der Waals surface area (Å²) >= 11 is 0. The third-order valence-electron chi connectivity index (χ3n) is 4.64. The smallest absolute Gasteiger partial charge is 0.305 e. The molecule has 0 N–H and O–H groups in total. The number of hydrogen-bond donors (Lipinski definition) is 0. The molecule has 0 amide bonds. The molecule has 1 fully saturated rings. The van der Waals surface area contributed by atoms with E-state index < -0.39 is 0 Å². The monoisotopic (exact) mass is 368 g/mol. The van der Waals surface area contributed by atoms with E-state index in [9.17, 15) is 9.59 Å². The molecule has 0 aromatic carbocycles. The van der Waals surface area contributed by atoms with E-state index in [1.165, 1.54) is 20.5 Å². The highest BCUT2D eigenvalue weighted by Gasteiger charge is 2.35. The second-order valence-corrected chi connectivity index (χ2v) is 7.05. The number of rotatable bonds is 15. The molecule has 3 atom stereocenters. The predicted octanol–water partition coefficient (Wildman–Crippen LogP) is 4.73. The van der Waals surface area contributed by atoms with E-state index in [1.54, 1.807) is 0 Å². The molecule has 5 heteroatoms. The maximum Gasteiger partial charge on any atom is 0.305 e. The average molecular weight is 369 g/mol. The second-order valence-electron chi connectivity index (χ2n) is 7.05. The van der Waals surface area contributed by atoms with E-state index in [-0.39, 0.29) is 24.1 Å². The second kappa shape index (κ2) is 13.8. The highest BCUT2D eigenvalue weighted by Crippen LogP contribution is 2.29. The Balaban J connectivity index is 2.09. The lowest BCUT2D eigenvalue weighted by Gasteiger charge is -2.12. The van der Waals surface area contributed by atoms with Crippen LogP contribution in [0.25, 0.3) is 0 Å². The Morgan fingerprint density at radius 3 is 2.50 bits per heavy atom. The summed E-state index contributed by atoms with van der Waals surface area (Å²) < 4.78 is 15.7. The SMILES string of the molecule is CCCCC[C@@H](/C=C/C1OC1CCCCCCCC(=O)OC)OC(C)=O. The molecule has 1 rings (SSSR count). The third-order valence-corrected chi connectivity index (χ3v) is 4.64. The van der Waals surface area contributed by atoms with Gasteiger partial charge in [-0.15, -0.1) is 0 Å². The van der Waals surface area contributed by atoms with Crippen LogP contribution in [0.5, 0.6) is 0 Å². The fourth-order valence-electron chi connectivity index (χ4n) is 3.04. The van der Waals surface area contributed by atoms with E-state index in [1.807, 2.05) is 6.08 Å².